The van der Waals surface area contributed by atoms with Crippen LogP contribution in [0, 0.1) is 0 Å². The maximum absolute atomic E-state index is 11.8. The fourth-order valence-corrected chi connectivity index (χ4v) is 5.33. The van der Waals surface area contributed by atoms with Crippen LogP contribution in [0.25, 0.3) is 0 Å². The number of rotatable bonds is 13. The Morgan fingerprint density at radius 3 is 2.09 bits per heavy atom. The summed E-state index contributed by atoms with van der Waals surface area (Å²) >= 11 is 0. The number of hydrogen-bond acceptors (Lipinski definition) is 19. The number of aliphatic hydroxyl groups is 13. The van der Waals surface area contributed by atoms with Crippen molar-refractivity contribution in [3.05, 3.63) is 11.6 Å². The molecule has 19 nitrogen and oxygen atoms in total. The van der Waals surface area contributed by atoms with Gasteiger partial charge in [-0.15, -0.1) is 0 Å². The van der Waals surface area contributed by atoms with Gasteiger partial charge < -0.3 is 90.6 Å². The van der Waals surface area contributed by atoms with Gasteiger partial charge in [-0.1, -0.05) is 6.08 Å². The number of hydrogen-bond donors (Lipinski definition) is 14. The summed E-state index contributed by atoms with van der Waals surface area (Å²) in [6.07, 6.45) is -24.8. The van der Waals surface area contributed by atoms with E-state index in [9.17, 15) is 66.1 Å². The summed E-state index contributed by atoms with van der Waals surface area (Å²) in [5.41, 5.74) is 0.00907. The van der Waals surface area contributed by atoms with E-state index in [2.05, 4.69) is 5.32 Å². The van der Waals surface area contributed by atoms with E-state index in [-0.39, 0.29) is 5.57 Å². The molecule has 0 aromatic rings. The van der Waals surface area contributed by atoms with E-state index in [1.807, 2.05) is 0 Å². The zero-order valence-electron chi connectivity index (χ0n) is 23.6. The van der Waals surface area contributed by atoms with Crippen molar-refractivity contribution in [1.29, 1.82) is 0 Å². The van der Waals surface area contributed by atoms with Gasteiger partial charge in [-0.3, -0.25) is 4.79 Å². The van der Waals surface area contributed by atoms with Gasteiger partial charge in [-0.2, -0.15) is 0 Å². The second kappa shape index (κ2) is 16.0. The number of ketones is 1. The van der Waals surface area contributed by atoms with Crippen LogP contribution in [0.15, 0.2) is 11.6 Å². The van der Waals surface area contributed by atoms with E-state index in [0.29, 0.717) is 0 Å². The van der Waals surface area contributed by atoms with Crippen LogP contribution in [0.5, 0.6) is 0 Å². The fraction of sp³-hybridized carbons (Fsp3) is 0.880. The molecule has 17 atom stereocenters. The highest BCUT2D eigenvalue weighted by Gasteiger charge is 2.52. The zero-order chi connectivity index (χ0) is 33.0. The quantitative estimate of drug-likeness (QED) is 0.0826. The molecule has 44 heavy (non-hydrogen) atoms. The largest absolute Gasteiger partial charge is 0.394 e. The van der Waals surface area contributed by atoms with Gasteiger partial charge in [-0.25, -0.2) is 0 Å². The van der Waals surface area contributed by atoms with Crippen molar-refractivity contribution in [1.82, 2.24) is 5.32 Å². The summed E-state index contributed by atoms with van der Waals surface area (Å²) in [6.45, 7) is -2.24. The first-order chi connectivity index (χ1) is 20.7. The highest BCUT2D eigenvalue weighted by molar-refractivity contribution is 5.84. The third kappa shape index (κ3) is 7.79. The van der Waals surface area contributed by atoms with Crippen molar-refractivity contribution < 1.29 is 90.1 Å². The molecule has 0 aromatic carbocycles. The Morgan fingerprint density at radius 1 is 0.886 bits per heavy atom. The van der Waals surface area contributed by atoms with E-state index >= 15 is 0 Å². The van der Waals surface area contributed by atoms with Crippen molar-refractivity contribution in [3.63, 3.8) is 0 Å². The molecule has 0 radical (unpaired) electrons. The average molecular weight is 646 g/mol. The van der Waals surface area contributed by atoms with E-state index in [4.69, 9.17) is 24.1 Å². The first kappa shape index (κ1) is 37.2. The van der Waals surface area contributed by atoms with E-state index in [0.717, 1.165) is 0 Å². The molecule has 19 heteroatoms. The van der Waals surface area contributed by atoms with Gasteiger partial charge >= 0.3 is 0 Å². The number of carbonyl (C=O) groups is 1. The topological polar surface area (TPSA) is 329 Å². The Balaban J connectivity index is 1.71. The van der Waals surface area contributed by atoms with Crippen molar-refractivity contribution in [2.24, 2.45) is 0 Å². The van der Waals surface area contributed by atoms with Crippen LogP contribution in [0.2, 0.25) is 0 Å². The highest BCUT2D eigenvalue weighted by Crippen LogP contribution is 2.31. The smallest absolute Gasteiger partial charge is 0.189 e. The third-order valence-electron chi connectivity index (χ3n) is 8.00. The number of nitrogens with one attached hydrogen (secondary N) is 1. The molecule has 3 aliphatic rings. The fourth-order valence-electron chi connectivity index (χ4n) is 5.33. The Hall–Kier alpha value is -1.31. The summed E-state index contributed by atoms with van der Waals surface area (Å²) < 4.78 is 22.0. The Kier molecular flexibility index (Phi) is 13.5. The Morgan fingerprint density at radius 2 is 1.52 bits per heavy atom. The normalized spacial score (nSPS) is 43.6. The summed E-state index contributed by atoms with van der Waals surface area (Å²) in [5, 5.41) is 134. The number of ether oxygens (including phenoxy) is 4. The molecule has 0 saturated carbocycles. The summed E-state index contributed by atoms with van der Waals surface area (Å²) in [6, 6.07) is -2.21. The maximum atomic E-state index is 11.8. The van der Waals surface area contributed by atoms with Crippen LogP contribution in [-0.2, 0) is 23.7 Å². The van der Waals surface area contributed by atoms with Crippen LogP contribution < -0.4 is 5.32 Å². The SMILES string of the molecule is C[C@H]1O[C@H](O[C@@H]2C(CO)O[C@H](O[C@H]([C@H](O)CO)[C@@H](O)C(=O)CO)C(O)C2O)C(O)C(O)[C@@H]1N[C@H]1C=C(CO)C(O)C(O)C1O. The van der Waals surface area contributed by atoms with E-state index in [1.165, 1.54) is 13.0 Å². The van der Waals surface area contributed by atoms with Crippen LogP contribution in [0.1, 0.15) is 6.92 Å². The molecular formula is C25H43NO18. The lowest BCUT2D eigenvalue weighted by Crippen LogP contribution is -2.68. The Bertz CT molecular complexity index is 956. The van der Waals surface area contributed by atoms with Gasteiger partial charge in [0, 0.05) is 0 Å². The average Bonchev–Trinajstić information content (AvgIpc) is 3.02. The summed E-state index contributed by atoms with van der Waals surface area (Å²) in [7, 11) is 0. The predicted molar refractivity (Wildman–Crippen MR) is 139 cm³/mol. The van der Waals surface area contributed by atoms with Gasteiger partial charge in [0.25, 0.3) is 0 Å². The standard InChI is InChI=1S/C25H43NO18/c1-7-13(26-9-2-8(3-27)14(33)18(37)15(9)34)17(36)20(39)24(41-7)44-23-12(6-30)42-25(21(40)19(23)38)43-22(11(32)5-29)16(35)10(31)4-28/h2,7,9,11-30,32-40H,3-6H2,1H3/t7-,9+,11-,12?,13-,14?,15?,16+,17?,18?,19?,20?,21?,22-,23-,24-,25-/m1/s1. The predicted octanol–water partition coefficient (Wildman–Crippen LogP) is -8.72. The van der Waals surface area contributed by atoms with Crippen molar-refractivity contribution >= 4 is 5.78 Å². The van der Waals surface area contributed by atoms with Crippen molar-refractivity contribution in [2.45, 2.75) is 111 Å². The molecule has 8 unspecified atom stereocenters. The number of Topliss-reactive ketones (excluding diaryl/α,β-unsaturated/α-hetero) is 1. The summed E-state index contributed by atoms with van der Waals surface area (Å²) in [4.78, 5) is 11.8. The molecule has 3 rings (SSSR count). The lowest BCUT2D eigenvalue weighted by Gasteiger charge is -2.48. The molecule has 2 fully saturated rings. The second-order valence-electron chi connectivity index (χ2n) is 11.0. The molecule has 0 amide bonds. The first-order valence-electron chi connectivity index (χ1n) is 13.9. The minimum Gasteiger partial charge on any atom is -0.394 e. The monoisotopic (exact) mass is 645 g/mol. The highest BCUT2D eigenvalue weighted by atomic mass is 16.7. The maximum Gasteiger partial charge on any atom is 0.189 e. The van der Waals surface area contributed by atoms with Gasteiger partial charge in [-0.05, 0) is 12.5 Å². The minimum absolute atomic E-state index is 0.00907. The molecule has 256 valence electrons. The van der Waals surface area contributed by atoms with Crippen LogP contribution >= 0.6 is 0 Å². The molecule has 0 bridgehead atoms. The molecule has 14 N–H and O–H groups in total. The van der Waals surface area contributed by atoms with Crippen LogP contribution in [0.3, 0.4) is 0 Å². The van der Waals surface area contributed by atoms with E-state index < -0.39 is 136 Å². The van der Waals surface area contributed by atoms with Gasteiger partial charge in [0.1, 0.15) is 79.9 Å². The Labute approximate surface area is 250 Å². The molecular weight excluding hydrogens is 602 g/mol. The minimum atomic E-state index is -2.18. The molecule has 2 aliphatic heterocycles. The summed E-state index contributed by atoms with van der Waals surface area (Å²) in [5.74, 6) is -1.20. The molecule has 2 heterocycles. The van der Waals surface area contributed by atoms with Crippen molar-refractivity contribution in [3.8, 4) is 0 Å². The number of aliphatic hydroxyl groups excluding tert-OH is 13. The van der Waals surface area contributed by atoms with Gasteiger partial charge in [0.15, 0.2) is 18.4 Å². The lowest BCUT2D eigenvalue weighted by atomic mass is 9.86. The lowest BCUT2D eigenvalue weighted by molar-refractivity contribution is -0.359. The van der Waals surface area contributed by atoms with Gasteiger partial charge in [0.05, 0.1) is 38.0 Å². The third-order valence-corrected chi connectivity index (χ3v) is 8.00. The van der Waals surface area contributed by atoms with Crippen molar-refractivity contribution in [2.75, 3.05) is 26.4 Å². The van der Waals surface area contributed by atoms with Crippen LogP contribution in [-0.4, -0.2) is 203 Å². The number of carbonyl (C=O) groups excluding carboxylic acids is 1. The van der Waals surface area contributed by atoms with Crippen LogP contribution in [0.4, 0.5) is 0 Å². The molecule has 0 spiro atoms. The zero-order valence-corrected chi connectivity index (χ0v) is 23.6. The van der Waals surface area contributed by atoms with Gasteiger partial charge in [0.2, 0.25) is 0 Å². The molecule has 0 aromatic heterocycles. The molecule has 2 saturated heterocycles. The first-order valence-corrected chi connectivity index (χ1v) is 13.9. The molecule has 1 aliphatic carbocycles. The second-order valence-corrected chi connectivity index (χ2v) is 11.0. The van der Waals surface area contributed by atoms with E-state index in [1.54, 1.807) is 0 Å².